The molecule has 0 aromatic heterocycles. The van der Waals surface area contributed by atoms with Gasteiger partial charge in [0.2, 0.25) is 0 Å². The van der Waals surface area contributed by atoms with E-state index in [1.54, 1.807) is 12.1 Å². The van der Waals surface area contributed by atoms with Crippen LogP contribution in [0.15, 0.2) is 72.9 Å². The van der Waals surface area contributed by atoms with E-state index in [9.17, 15) is 9.59 Å². The number of hydrogen-bond acceptors (Lipinski definition) is 3. The smallest absolute Gasteiger partial charge is 0.200 e. The highest BCUT2D eigenvalue weighted by Crippen LogP contribution is 2.27. The van der Waals surface area contributed by atoms with Crippen LogP contribution in [-0.4, -0.2) is 23.8 Å². The molecule has 0 fully saturated rings. The van der Waals surface area contributed by atoms with Gasteiger partial charge in [0.1, 0.15) is 0 Å². The fourth-order valence-corrected chi connectivity index (χ4v) is 6.63. The Morgan fingerprint density at radius 3 is 1.22 bits per heavy atom. The van der Waals surface area contributed by atoms with Gasteiger partial charge >= 0.3 is 0 Å². The van der Waals surface area contributed by atoms with E-state index in [1.165, 1.54) is 128 Å². The Morgan fingerprint density at radius 2 is 0.837 bits per heavy atom. The molecule has 49 heavy (non-hydrogen) atoms. The van der Waals surface area contributed by atoms with Crippen LogP contribution in [0.25, 0.3) is 0 Å². The minimum atomic E-state index is -0.948. The third-order valence-electron chi connectivity index (χ3n) is 9.72. The summed E-state index contributed by atoms with van der Waals surface area (Å²) in [5.74, 6) is -0.306. The Labute approximate surface area is 302 Å². The summed E-state index contributed by atoms with van der Waals surface area (Å²) in [5, 5.41) is 0. The van der Waals surface area contributed by atoms with E-state index in [2.05, 4.69) is 62.5 Å². The predicted molar refractivity (Wildman–Crippen MR) is 212 cm³/mol. The fraction of sp³-hybridized carbons (Fsp3) is 0.652. The first-order valence-corrected chi connectivity index (χ1v) is 20.6. The monoisotopic (exact) mass is 673 g/mol. The number of hydrogen-bond donors (Lipinski definition) is 0. The molecule has 0 spiro atoms. The largest absolute Gasteiger partial charge is 0.359 e. The highest BCUT2D eigenvalue weighted by molar-refractivity contribution is 6.28. The summed E-state index contributed by atoms with van der Waals surface area (Å²) in [7, 11) is 0. The number of Topliss-reactive ketones (excluding diaryl/α,β-unsaturated/α-hetero) is 2. The predicted octanol–water partition coefficient (Wildman–Crippen LogP) is 14.2. The number of benzene rings is 1. The number of carbonyl (C=O) groups is 2. The van der Waals surface area contributed by atoms with Crippen molar-refractivity contribution in [2.45, 2.75) is 193 Å². The van der Waals surface area contributed by atoms with Crippen LogP contribution in [-0.2, 0) is 4.74 Å². The Balaban J connectivity index is 1.61. The van der Waals surface area contributed by atoms with Gasteiger partial charge in [-0.15, -0.1) is 0 Å². The zero-order chi connectivity index (χ0) is 35.0. The van der Waals surface area contributed by atoms with E-state index in [0.717, 1.165) is 38.5 Å². The van der Waals surface area contributed by atoms with Gasteiger partial charge in [-0.1, -0.05) is 177 Å². The van der Waals surface area contributed by atoms with Crippen molar-refractivity contribution < 1.29 is 14.3 Å². The lowest BCUT2D eigenvalue weighted by Crippen LogP contribution is -2.31. The first-order chi connectivity index (χ1) is 24.2. The van der Waals surface area contributed by atoms with Gasteiger partial charge in [0, 0.05) is 11.1 Å². The van der Waals surface area contributed by atoms with Crippen molar-refractivity contribution in [2.24, 2.45) is 0 Å². The van der Waals surface area contributed by atoms with E-state index in [-0.39, 0.29) is 17.7 Å². The molecule has 0 atom stereocenters. The summed E-state index contributed by atoms with van der Waals surface area (Å²) >= 11 is 0. The van der Waals surface area contributed by atoms with Crippen LogP contribution in [0.3, 0.4) is 0 Å². The molecule has 2 rings (SSSR count). The van der Waals surface area contributed by atoms with Crippen LogP contribution in [0.4, 0.5) is 0 Å². The van der Waals surface area contributed by atoms with Crippen LogP contribution in [0.1, 0.15) is 202 Å². The number of ketones is 2. The van der Waals surface area contributed by atoms with Crippen molar-refractivity contribution >= 4 is 11.6 Å². The minimum absolute atomic E-state index is 0.0242. The molecule has 0 aliphatic heterocycles. The first-order valence-electron chi connectivity index (χ1n) is 20.6. The standard InChI is InChI=1S/C46H72O3/c1-3-5-7-9-11-13-15-17-19-21-23-25-27-29-31-33-37-41(49-46-44(47)42-39-35-36-40-43(42)45(46)48)38-34-32-30-28-26-24-22-20-18-16-14-12-10-8-6-4-2/h11-14,17-20,35-36,39-41,46H,3-10,15-16,21-34,37-38H2,1-2H3. The third kappa shape index (κ3) is 20.7. The van der Waals surface area contributed by atoms with Crippen molar-refractivity contribution in [1.29, 1.82) is 0 Å². The Kier molecular flexibility index (Phi) is 26.4. The van der Waals surface area contributed by atoms with E-state index in [4.69, 9.17) is 4.74 Å². The lowest BCUT2D eigenvalue weighted by atomic mass is 10.0. The Morgan fingerprint density at radius 1 is 0.490 bits per heavy atom. The summed E-state index contributed by atoms with van der Waals surface area (Å²) in [4.78, 5) is 26.1. The molecule has 0 saturated heterocycles. The molecular formula is C46H72O3. The molecule has 0 radical (unpaired) electrons. The van der Waals surface area contributed by atoms with Gasteiger partial charge in [-0.25, -0.2) is 0 Å². The molecule has 0 unspecified atom stereocenters. The second-order valence-corrected chi connectivity index (χ2v) is 14.2. The van der Waals surface area contributed by atoms with Crippen molar-refractivity contribution in [3.63, 3.8) is 0 Å². The van der Waals surface area contributed by atoms with E-state index in [0.29, 0.717) is 11.1 Å². The molecule has 0 bridgehead atoms. The first kappa shape index (κ1) is 42.6. The number of carbonyl (C=O) groups excluding carboxylic acids is 2. The van der Waals surface area contributed by atoms with Gasteiger partial charge in [-0.2, -0.15) is 0 Å². The highest BCUT2D eigenvalue weighted by Gasteiger charge is 2.40. The number of fused-ring (bicyclic) bond motifs is 1. The Hall–Kier alpha value is -2.52. The molecule has 3 nitrogen and oxygen atoms in total. The van der Waals surface area contributed by atoms with Crippen molar-refractivity contribution in [1.82, 2.24) is 0 Å². The van der Waals surface area contributed by atoms with Crippen molar-refractivity contribution in [2.75, 3.05) is 0 Å². The summed E-state index contributed by atoms with van der Waals surface area (Å²) in [6.07, 6.45) is 49.0. The molecule has 3 heteroatoms. The highest BCUT2D eigenvalue weighted by atomic mass is 16.5. The summed E-state index contributed by atoms with van der Waals surface area (Å²) in [6, 6.07) is 7.19. The van der Waals surface area contributed by atoms with E-state index in [1.807, 2.05) is 12.1 Å². The lowest BCUT2D eigenvalue weighted by molar-refractivity contribution is -0.00276. The zero-order valence-corrected chi connectivity index (χ0v) is 31.7. The number of rotatable bonds is 32. The molecular weight excluding hydrogens is 601 g/mol. The van der Waals surface area contributed by atoms with Crippen molar-refractivity contribution in [3.8, 4) is 0 Å². The maximum absolute atomic E-state index is 13.0. The van der Waals surface area contributed by atoms with Gasteiger partial charge in [-0.05, 0) is 77.0 Å². The van der Waals surface area contributed by atoms with Crippen LogP contribution < -0.4 is 0 Å². The average molecular weight is 673 g/mol. The van der Waals surface area contributed by atoms with E-state index < -0.39 is 6.10 Å². The molecule has 1 aromatic carbocycles. The quantitative estimate of drug-likeness (QED) is 0.0435. The average Bonchev–Trinajstić information content (AvgIpc) is 3.35. The molecule has 1 aromatic rings. The molecule has 0 heterocycles. The minimum Gasteiger partial charge on any atom is -0.359 e. The maximum Gasteiger partial charge on any atom is 0.200 e. The fourth-order valence-electron chi connectivity index (χ4n) is 6.63. The molecule has 0 amide bonds. The van der Waals surface area contributed by atoms with Gasteiger partial charge in [-0.3, -0.25) is 9.59 Å². The topological polar surface area (TPSA) is 43.4 Å². The third-order valence-corrected chi connectivity index (χ3v) is 9.72. The molecule has 1 aliphatic carbocycles. The zero-order valence-electron chi connectivity index (χ0n) is 31.7. The van der Waals surface area contributed by atoms with Gasteiger partial charge in [0.25, 0.3) is 0 Å². The van der Waals surface area contributed by atoms with Gasteiger partial charge < -0.3 is 4.74 Å². The van der Waals surface area contributed by atoms with E-state index >= 15 is 0 Å². The molecule has 0 saturated carbocycles. The Bertz CT molecular complexity index is 1010. The van der Waals surface area contributed by atoms with Crippen LogP contribution in [0, 0.1) is 0 Å². The van der Waals surface area contributed by atoms with Crippen LogP contribution >= 0.6 is 0 Å². The molecule has 1 aliphatic rings. The normalized spacial score (nSPS) is 14.5. The SMILES string of the molecule is CCCCCC=CCC=CCCCCCCCCC(CCCCCCCCC=CCC=CCCCCC)OC1C(=O)c2ccccc2C1=O. The number of unbranched alkanes of at least 4 members (excludes halogenated alkanes) is 18. The van der Waals surface area contributed by atoms with Gasteiger partial charge in [0.05, 0.1) is 6.10 Å². The summed E-state index contributed by atoms with van der Waals surface area (Å²) in [6.45, 7) is 4.51. The van der Waals surface area contributed by atoms with Gasteiger partial charge in [0.15, 0.2) is 17.7 Å². The van der Waals surface area contributed by atoms with Crippen molar-refractivity contribution in [3.05, 3.63) is 84.0 Å². The number of ether oxygens (including phenoxy) is 1. The number of allylic oxidation sites excluding steroid dienone is 8. The van der Waals surface area contributed by atoms with Crippen LogP contribution in [0.2, 0.25) is 0 Å². The maximum atomic E-state index is 13.0. The summed E-state index contributed by atoms with van der Waals surface area (Å²) < 4.78 is 6.34. The van der Waals surface area contributed by atoms with Crippen LogP contribution in [0.5, 0.6) is 0 Å². The second-order valence-electron chi connectivity index (χ2n) is 14.2. The summed E-state index contributed by atoms with van der Waals surface area (Å²) in [5.41, 5.74) is 1.05. The second kappa shape index (κ2) is 30.3. The molecule has 274 valence electrons. The lowest BCUT2D eigenvalue weighted by Gasteiger charge is -2.21. The molecule has 0 N–H and O–H groups in total.